The number of piperidine rings is 1. The summed E-state index contributed by atoms with van der Waals surface area (Å²) >= 11 is 0. The number of rotatable bonds is 6. The summed E-state index contributed by atoms with van der Waals surface area (Å²) in [6.45, 7) is 6.33. The minimum Gasteiger partial charge on any atom is -0.339 e. The molecular formula is C23H27FN2O3S. The number of hydrogen-bond donors (Lipinski definition) is 1. The molecule has 2 aromatic carbocycles. The van der Waals surface area contributed by atoms with Crippen LogP contribution in [0.3, 0.4) is 0 Å². The summed E-state index contributed by atoms with van der Waals surface area (Å²) in [6.07, 6.45) is 1.17. The Hall–Kier alpha value is -2.51. The van der Waals surface area contributed by atoms with Crippen molar-refractivity contribution >= 4 is 20.6 Å². The zero-order chi connectivity index (χ0) is 21.7. The molecule has 0 atom stereocenters. The standard InChI is InChI=1S/C23H27FN2O3S/c1-3-26(4-2)23(27)18-8-10-21(11-9-18)30(28,29)22(17-12-14-25-15-13-17)19-6-5-7-20(24)16-19/h5-11,16,25H,3-4,12-15H2,1-2H3. The van der Waals surface area contributed by atoms with E-state index in [1.165, 1.54) is 30.3 Å². The van der Waals surface area contributed by atoms with Crippen LogP contribution in [-0.4, -0.2) is 45.4 Å². The maximum Gasteiger partial charge on any atom is 0.253 e. The van der Waals surface area contributed by atoms with Gasteiger partial charge in [0.1, 0.15) is 5.82 Å². The van der Waals surface area contributed by atoms with Crippen LogP contribution in [0.15, 0.2) is 59.0 Å². The predicted octanol–water partition coefficient (Wildman–Crippen LogP) is 3.88. The van der Waals surface area contributed by atoms with Gasteiger partial charge in [0.25, 0.3) is 5.91 Å². The second-order valence-electron chi connectivity index (χ2n) is 7.20. The van der Waals surface area contributed by atoms with E-state index in [-0.39, 0.29) is 15.7 Å². The molecule has 30 heavy (non-hydrogen) atoms. The van der Waals surface area contributed by atoms with E-state index in [0.717, 1.165) is 5.57 Å². The van der Waals surface area contributed by atoms with Gasteiger partial charge in [-0.1, -0.05) is 12.1 Å². The van der Waals surface area contributed by atoms with Crippen molar-refractivity contribution < 1.29 is 17.6 Å². The fourth-order valence-corrected chi connectivity index (χ4v) is 5.47. The Bertz CT molecular complexity index is 1030. The van der Waals surface area contributed by atoms with Crippen molar-refractivity contribution in [2.24, 2.45) is 0 Å². The van der Waals surface area contributed by atoms with Crippen LogP contribution >= 0.6 is 0 Å². The molecule has 3 rings (SSSR count). The molecule has 0 aromatic heterocycles. The van der Waals surface area contributed by atoms with E-state index in [0.29, 0.717) is 50.1 Å². The minimum atomic E-state index is -3.88. The van der Waals surface area contributed by atoms with Crippen molar-refractivity contribution in [3.05, 3.63) is 71.0 Å². The van der Waals surface area contributed by atoms with Crippen molar-refractivity contribution in [1.82, 2.24) is 10.2 Å². The first-order valence-electron chi connectivity index (χ1n) is 10.2. The second-order valence-corrected chi connectivity index (χ2v) is 9.08. The molecule has 1 saturated heterocycles. The summed E-state index contributed by atoms with van der Waals surface area (Å²) in [7, 11) is -3.88. The average molecular weight is 431 g/mol. The van der Waals surface area contributed by atoms with Gasteiger partial charge in [0.05, 0.1) is 9.80 Å². The van der Waals surface area contributed by atoms with Crippen LogP contribution in [0.25, 0.3) is 4.91 Å². The van der Waals surface area contributed by atoms with Gasteiger partial charge in [0.2, 0.25) is 9.84 Å². The van der Waals surface area contributed by atoms with Crippen LogP contribution in [0.1, 0.15) is 42.6 Å². The number of amides is 1. The molecule has 2 aromatic rings. The Morgan fingerprint density at radius 1 is 1.00 bits per heavy atom. The molecule has 160 valence electrons. The number of benzene rings is 2. The maximum absolute atomic E-state index is 13.9. The Balaban J connectivity index is 2.05. The fourth-order valence-electron chi connectivity index (χ4n) is 3.72. The summed E-state index contributed by atoms with van der Waals surface area (Å²) in [4.78, 5) is 14.5. The second kappa shape index (κ2) is 9.53. The van der Waals surface area contributed by atoms with E-state index in [9.17, 15) is 17.6 Å². The Morgan fingerprint density at radius 2 is 1.63 bits per heavy atom. The number of nitrogens with one attached hydrogen (secondary N) is 1. The van der Waals surface area contributed by atoms with E-state index < -0.39 is 15.7 Å². The van der Waals surface area contributed by atoms with Gasteiger partial charge in [-0.2, -0.15) is 0 Å². The number of carbonyl (C=O) groups excluding carboxylic acids is 1. The molecule has 0 unspecified atom stereocenters. The Morgan fingerprint density at radius 3 is 2.20 bits per heavy atom. The van der Waals surface area contributed by atoms with Crippen molar-refractivity contribution in [2.45, 2.75) is 31.6 Å². The largest absolute Gasteiger partial charge is 0.339 e. The number of sulfone groups is 1. The monoisotopic (exact) mass is 430 g/mol. The fraction of sp³-hybridized carbons (Fsp3) is 0.348. The van der Waals surface area contributed by atoms with Crippen molar-refractivity contribution in [2.75, 3.05) is 26.2 Å². The molecule has 0 aliphatic carbocycles. The third-order valence-corrected chi connectivity index (χ3v) is 7.30. The van der Waals surface area contributed by atoms with Crippen LogP contribution in [0.5, 0.6) is 0 Å². The highest BCUT2D eigenvalue weighted by Gasteiger charge is 2.27. The molecule has 1 fully saturated rings. The van der Waals surface area contributed by atoms with Crippen molar-refractivity contribution in [3.63, 3.8) is 0 Å². The van der Waals surface area contributed by atoms with Crippen LogP contribution in [-0.2, 0) is 9.84 Å². The lowest BCUT2D eigenvalue weighted by atomic mass is 10.0. The highest BCUT2D eigenvalue weighted by Crippen LogP contribution is 2.34. The number of hydrogen-bond acceptors (Lipinski definition) is 4. The lowest BCUT2D eigenvalue weighted by Gasteiger charge is -2.21. The molecule has 1 heterocycles. The molecular weight excluding hydrogens is 403 g/mol. The van der Waals surface area contributed by atoms with Gasteiger partial charge < -0.3 is 10.2 Å². The van der Waals surface area contributed by atoms with Crippen LogP contribution < -0.4 is 5.32 Å². The van der Waals surface area contributed by atoms with Gasteiger partial charge in [-0.15, -0.1) is 0 Å². The van der Waals surface area contributed by atoms with Gasteiger partial charge in [0, 0.05) is 18.7 Å². The lowest BCUT2D eigenvalue weighted by Crippen LogP contribution is -2.30. The number of halogens is 1. The summed E-state index contributed by atoms with van der Waals surface area (Å²) in [6, 6.07) is 11.7. The first-order chi connectivity index (χ1) is 14.4. The molecule has 0 bridgehead atoms. The van der Waals surface area contributed by atoms with Gasteiger partial charge in [-0.3, -0.25) is 4.79 Å². The zero-order valence-corrected chi connectivity index (χ0v) is 18.1. The third-order valence-electron chi connectivity index (χ3n) is 5.35. The normalized spacial score (nSPS) is 14.4. The first kappa shape index (κ1) is 22.2. The third kappa shape index (κ3) is 4.63. The van der Waals surface area contributed by atoms with Gasteiger partial charge in [0.15, 0.2) is 0 Å². The Kier molecular flexibility index (Phi) is 7.05. The van der Waals surface area contributed by atoms with Crippen molar-refractivity contribution in [1.29, 1.82) is 0 Å². The first-order valence-corrected chi connectivity index (χ1v) is 11.7. The molecule has 0 saturated carbocycles. The van der Waals surface area contributed by atoms with E-state index in [1.807, 2.05) is 13.8 Å². The van der Waals surface area contributed by atoms with Crippen LogP contribution in [0, 0.1) is 5.82 Å². The highest BCUT2D eigenvalue weighted by molar-refractivity contribution is 8.00. The molecule has 7 heteroatoms. The molecule has 1 N–H and O–H groups in total. The quantitative estimate of drug-likeness (QED) is 0.755. The van der Waals surface area contributed by atoms with E-state index in [2.05, 4.69) is 5.32 Å². The van der Waals surface area contributed by atoms with Gasteiger partial charge in [-0.05, 0) is 87.3 Å². The van der Waals surface area contributed by atoms with Crippen molar-refractivity contribution in [3.8, 4) is 0 Å². The Labute approximate surface area is 177 Å². The summed E-state index contributed by atoms with van der Waals surface area (Å²) in [5.41, 5.74) is 1.59. The molecule has 1 aliphatic heterocycles. The SMILES string of the molecule is CCN(CC)C(=O)c1ccc(S(=O)(=O)C(=C2CCNCC2)c2cccc(F)c2)cc1. The maximum atomic E-state index is 13.9. The van der Waals surface area contributed by atoms with Gasteiger partial charge >= 0.3 is 0 Å². The number of carbonyl (C=O) groups is 1. The predicted molar refractivity (Wildman–Crippen MR) is 116 cm³/mol. The summed E-state index contributed by atoms with van der Waals surface area (Å²) in [5.74, 6) is -0.610. The van der Waals surface area contributed by atoms with Crippen LogP contribution in [0.4, 0.5) is 4.39 Å². The molecule has 1 amide bonds. The van der Waals surface area contributed by atoms with E-state index in [4.69, 9.17) is 0 Å². The highest BCUT2D eigenvalue weighted by atomic mass is 32.2. The minimum absolute atomic E-state index is 0.101. The van der Waals surface area contributed by atoms with Gasteiger partial charge in [-0.25, -0.2) is 12.8 Å². The van der Waals surface area contributed by atoms with E-state index in [1.54, 1.807) is 23.1 Å². The topological polar surface area (TPSA) is 66.5 Å². The average Bonchev–Trinajstić information content (AvgIpc) is 2.75. The summed E-state index contributed by atoms with van der Waals surface area (Å²) in [5, 5.41) is 3.22. The van der Waals surface area contributed by atoms with Crippen LogP contribution in [0.2, 0.25) is 0 Å². The number of nitrogens with zero attached hydrogens (tertiary/aromatic N) is 1. The summed E-state index contributed by atoms with van der Waals surface area (Å²) < 4.78 is 41.0. The zero-order valence-electron chi connectivity index (χ0n) is 17.3. The molecule has 1 aliphatic rings. The smallest absolute Gasteiger partial charge is 0.253 e. The molecule has 0 radical (unpaired) electrons. The lowest BCUT2D eigenvalue weighted by molar-refractivity contribution is 0.0773. The molecule has 0 spiro atoms. The molecule has 5 nitrogen and oxygen atoms in total. The van der Waals surface area contributed by atoms with E-state index >= 15 is 0 Å².